The summed E-state index contributed by atoms with van der Waals surface area (Å²) in [6.07, 6.45) is 4.00. The maximum Gasteiger partial charge on any atom is 0.248 e. The van der Waals surface area contributed by atoms with Crippen LogP contribution in [0.5, 0.6) is 5.75 Å². The van der Waals surface area contributed by atoms with Gasteiger partial charge >= 0.3 is 0 Å². The van der Waals surface area contributed by atoms with Gasteiger partial charge < -0.3 is 10.1 Å². The Bertz CT molecular complexity index is 668. The van der Waals surface area contributed by atoms with Gasteiger partial charge in [-0.2, -0.15) is 0 Å². The fourth-order valence-electron chi connectivity index (χ4n) is 1.88. The van der Waals surface area contributed by atoms with E-state index in [0.717, 1.165) is 17.7 Å². The van der Waals surface area contributed by atoms with Crippen LogP contribution in [-0.2, 0) is 4.79 Å². The maximum absolute atomic E-state index is 13.1. The summed E-state index contributed by atoms with van der Waals surface area (Å²) in [6, 6.07) is 13.3. The van der Waals surface area contributed by atoms with Crippen molar-refractivity contribution in [2.45, 2.75) is 13.3 Å². The van der Waals surface area contributed by atoms with Crippen LogP contribution in [0.2, 0.25) is 0 Å². The van der Waals surface area contributed by atoms with Gasteiger partial charge in [-0.15, -0.1) is 0 Å². The van der Waals surface area contributed by atoms with Crippen molar-refractivity contribution in [3.05, 3.63) is 66.0 Å². The first kappa shape index (κ1) is 15.8. The van der Waals surface area contributed by atoms with Crippen molar-refractivity contribution in [1.82, 2.24) is 0 Å². The first-order valence-corrected chi connectivity index (χ1v) is 7.15. The third-order valence-electron chi connectivity index (χ3n) is 2.89. The Morgan fingerprint density at radius 3 is 2.82 bits per heavy atom. The molecule has 0 aliphatic heterocycles. The number of amides is 1. The Hall–Kier alpha value is -2.62. The summed E-state index contributed by atoms with van der Waals surface area (Å²) in [6.45, 7) is 2.66. The zero-order valence-electron chi connectivity index (χ0n) is 12.4. The molecule has 4 heteroatoms. The van der Waals surface area contributed by atoms with Gasteiger partial charge in [0.1, 0.15) is 11.6 Å². The number of carbonyl (C=O) groups excluding carboxylic acids is 1. The molecule has 2 rings (SSSR count). The minimum absolute atomic E-state index is 0.323. The molecular formula is C18H18FNO2. The van der Waals surface area contributed by atoms with Crippen molar-refractivity contribution in [3.8, 4) is 5.75 Å². The van der Waals surface area contributed by atoms with Crippen LogP contribution in [-0.4, -0.2) is 12.5 Å². The minimum atomic E-state index is -0.389. The number of hydrogen-bond donors (Lipinski definition) is 1. The zero-order valence-corrected chi connectivity index (χ0v) is 12.4. The van der Waals surface area contributed by atoms with Crippen molar-refractivity contribution in [1.29, 1.82) is 0 Å². The first-order valence-electron chi connectivity index (χ1n) is 7.15. The molecule has 0 unspecified atom stereocenters. The number of anilines is 1. The van der Waals surface area contributed by atoms with Crippen LogP contribution in [0, 0.1) is 5.82 Å². The molecule has 2 aromatic rings. The van der Waals surface area contributed by atoms with Crippen molar-refractivity contribution < 1.29 is 13.9 Å². The normalized spacial score (nSPS) is 10.6. The molecule has 114 valence electrons. The van der Waals surface area contributed by atoms with Crippen LogP contribution in [0.4, 0.5) is 10.1 Å². The van der Waals surface area contributed by atoms with E-state index in [9.17, 15) is 9.18 Å². The fourth-order valence-corrected chi connectivity index (χ4v) is 1.88. The summed E-state index contributed by atoms with van der Waals surface area (Å²) < 4.78 is 18.7. The SMILES string of the molecule is CCCOc1ccccc1C=CC(=O)Nc1cccc(F)c1. The largest absolute Gasteiger partial charge is 0.493 e. The lowest BCUT2D eigenvalue weighted by Crippen LogP contribution is -2.07. The smallest absolute Gasteiger partial charge is 0.248 e. The molecule has 0 bridgehead atoms. The average molecular weight is 299 g/mol. The molecule has 0 radical (unpaired) electrons. The van der Waals surface area contributed by atoms with Crippen LogP contribution in [0.3, 0.4) is 0 Å². The number of ether oxygens (including phenoxy) is 1. The summed E-state index contributed by atoms with van der Waals surface area (Å²) in [5.41, 5.74) is 1.25. The van der Waals surface area contributed by atoms with Crippen LogP contribution >= 0.6 is 0 Å². The van der Waals surface area contributed by atoms with E-state index in [1.54, 1.807) is 18.2 Å². The quantitative estimate of drug-likeness (QED) is 0.809. The second-order valence-corrected chi connectivity index (χ2v) is 4.72. The number of para-hydroxylation sites is 1. The lowest BCUT2D eigenvalue weighted by molar-refractivity contribution is -0.111. The molecule has 0 aromatic heterocycles. The van der Waals surface area contributed by atoms with E-state index < -0.39 is 0 Å². The second-order valence-electron chi connectivity index (χ2n) is 4.72. The molecule has 22 heavy (non-hydrogen) atoms. The molecule has 0 aliphatic rings. The van der Waals surface area contributed by atoms with E-state index in [2.05, 4.69) is 5.32 Å². The standard InChI is InChI=1S/C18H18FNO2/c1-2-12-22-17-9-4-3-6-14(17)10-11-18(21)20-16-8-5-7-15(19)13-16/h3-11,13H,2,12H2,1H3,(H,20,21). The molecule has 0 saturated heterocycles. The Kier molecular flexibility index (Phi) is 5.72. The van der Waals surface area contributed by atoms with Crippen LogP contribution in [0.1, 0.15) is 18.9 Å². The van der Waals surface area contributed by atoms with E-state index in [-0.39, 0.29) is 11.7 Å². The number of carbonyl (C=O) groups is 1. The van der Waals surface area contributed by atoms with E-state index >= 15 is 0 Å². The summed E-state index contributed by atoms with van der Waals surface area (Å²) in [5.74, 6) is 0.0233. The predicted octanol–water partition coefficient (Wildman–Crippen LogP) is 4.27. The van der Waals surface area contributed by atoms with Gasteiger partial charge in [0, 0.05) is 17.3 Å². The number of benzene rings is 2. The highest BCUT2D eigenvalue weighted by atomic mass is 19.1. The number of hydrogen-bond acceptors (Lipinski definition) is 2. The maximum atomic E-state index is 13.1. The third kappa shape index (κ3) is 4.74. The highest BCUT2D eigenvalue weighted by molar-refractivity contribution is 6.02. The summed E-state index contributed by atoms with van der Waals surface area (Å²) in [4.78, 5) is 11.9. The fraction of sp³-hybridized carbons (Fsp3) is 0.167. The van der Waals surface area contributed by atoms with Gasteiger partial charge in [-0.25, -0.2) is 4.39 Å². The van der Waals surface area contributed by atoms with Crippen LogP contribution in [0.25, 0.3) is 6.08 Å². The van der Waals surface area contributed by atoms with Gasteiger partial charge in [-0.1, -0.05) is 31.2 Å². The topological polar surface area (TPSA) is 38.3 Å². The Balaban J connectivity index is 2.03. The molecule has 1 N–H and O–H groups in total. The molecule has 2 aromatic carbocycles. The highest BCUT2D eigenvalue weighted by Gasteiger charge is 2.02. The summed E-state index contributed by atoms with van der Waals surface area (Å²) >= 11 is 0. The molecule has 1 amide bonds. The number of rotatable bonds is 6. The van der Waals surface area contributed by atoms with Crippen molar-refractivity contribution in [2.75, 3.05) is 11.9 Å². The first-order chi connectivity index (χ1) is 10.7. The van der Waals surface area contributed by atoms with Crippen molar-refractivity contribution in [2.24, 2.45) is 0 Å². The van der Waals surface area contributed by atoms with Gasteiger partial charge in [0.2, 0.25) is 5.91 Å². The second kappa shape index (κ2) is 7.98. The summed E-state index contributed by atoms with van der Waals surface area (Å²) in [7, 11) is 0. The molecule has 0 atom stereocenters. The zero-order chi connectivity index (χ0) is 15.8. The molecule has 3 nitrogen and oxygen atoms in total. The van der Waals surface area contributed by atoms with Crippen LogP contribution in [0.15, 0.2) is 54.6 Å². The highest BCUT2D eigenvalue weighted by Crippen LogP contribution is 2.19. The Morgan fingerprint density at radius 1 is 1.23 bits per heavy atom. The van der Waals surface area contributed by atoms with Gasteiger partial charge in [-0.05, 0) is 36.8 Å². The van der Waals surface area contributed by atoms with E-state index in [4.69, 9.17) is 4.74 Å². The molecular weight excluding hydrogens is 281 g/mol. The lowest BCUT2D eigenvalue weighted by atomic mass is 10.2. The van der Waals surface area contributed by atoms with Gasteiger partial charge in [-0.3, -0.25) is 4.79 Å². The number of nitrogens with one attached hydrogen (secondary N) is 1. The van der Waals surface area contributed by atoms with E-state index in [1.807, 2.05) is 31.2 Å². The van der Waals surface area contributed by atoms with Gasteiger partial charge in [0.15, 0.2) is 0 Å². The molecule has 0 heterocycles. The third-order valence-corrected chi connectivity index (χ3v) is 2.89. The van der Waals surface area contributed by atoms with E-state index in [1.165, 1.54) is 18.2 Å². The van der Waals surface area contributed by atoms with Crippen LogP contribution < -0.4 is 10.1 Å². The Labute approximate surface area is 129 Å². The van der Waals surface area contributed by atoms with Crippen molar-refractivity contribution >= 4 is 17.7 Å². The van der Waals surface area contributed by atoms with E-state index in [0.29, 0.717) is 12.3 Å². The summed E-state index contributed by atoms with van der Waals surface area (Å²) in [5, 5.41) is 2.61. The monoisotopic (exact) mass is 299 g/mol. The Morgan fingerprint density at radius 2 is 2.05 bits per heavy atom. The molecule has 0 fully saturated rings. The van der Waals surface area contributed by atoms with Crippen molar-refractivity contribution in [3.63, 3.8) is 0 Å². The minimum Gasteiger partial charge on any atom is -0.493 e. The molecule has 0 saturated carbocycles. The molecule has 0 aliphatic carbocycles. The average Bonchev–Trinajstić information content (AvgIpc) is 2.51. The van der Waals surface area contributed by atoms with Gasteiger partial charge in [0.25, 0.3) is 0 Å². The lowest BCUT2D eigenvalue weighted by Gasteiger charge is -2.07. The molecule has 0 spiro atoms. The van der Waals surface area contributed by atoms with Gasteiger partial charge in [0.05, 0.1) is 6.61 Å². The predicted molar refractivity (Wildman–Crippen MR) is 86.3 cm³/mol. The number of halogens is 1.